The lowest BCUT2D eigenvalue weighted by Gasteiger charge is -2.37. The Morgan fingerprint density at radius 1 is 1.48 bits per heavy atom. The number of amides is 1. The Morgan fingerprint density at radius 3 is 2.91 bits per heavy atom. The highest BCUT2D eigenvalue weighted by atomic mass is 32.1. The van der Waals surface area contributed by atoms with E-state index >= 15 is 0 Å². The van der Waals surface area contributed by atoms with Crippen LogP contribution in [-0.4, -0.2) is 39.5 Å². The number of aryl methyl sites for hydroxylation is 1. The summed E-state index contributed by atoms with van der Waals surface area (Å²) >= 11 is 1.40. The van der Waals surface area contributed by atoms with E-state index in [2.05, 4.69) is 4.98 Å². The molecule has 0 spiro atoms. The minimum atomic E-state index is -0.846. The molecule has 2 atom stereocenters. The van der Waals surface area contributed by atoms with Crippen LogP contribution in [0.4, 0.5) is 0 Å². The first-order chi connectivity index (χ1) is 11.0. The van der Waals surface area contributed by atoms with Gasteiger partial charge in [0.05, 0.1) is 12.2 Å². The Labute approximate surface area is 137 Å². The topological polar surface area (TPSA) is 83.6 Å². The third-order valence-corrected chi connectivity index (χ3v) is 5.28. The van der Waals surface area contributed by atoms with Gasteiger partial charge in [-0.25, -0.2) is 4.98 Å². The van der Waals surface area contributed by atoms with Crippen LogP contribution >= 0.6 is 11.3 Å². The maximum atomic E-state index is 12.8. The summed E-state index contributed by atoms with van der Waals surface area (Å²) in [5.41, 5.74) is 0.388. The number of thiazole rings is 1. The summed E-state index contributed by atoms with van der Waals surface area (Å²) in [7, 11) is 0. The average Bonchev–Trinajstić information content (AvgIpc) is 3.15. The number of aliphatic carboxylic acids is 1. The molecular formula is C16H18N2O4S. The number of carbonyl (C=O) groups is 2. The largest absolute Gasteiger partial charge is 0.481 e. The lowest BCUT2D eigenvalue weighted by molar-refractivity contribution is -0.144. The first kappa shape index (κ1) is 15.7. The number of likely N-dealkylation sites (tertiary alicyclic amines) is 1. The number of nitrogens with zero attached hydrogens (tertiary/aromatic N) is 2. The molecule has 0 radical (unpaired) electrons. The van der Waals surface area contributed by atoms with Gasteiger partial charge in [-0.1, -0.05) is 0 Å². The molecule has 0 bridgehead atoms. The number of piperidine rings is 1. The Hall–Kier alpha value is -2.15. The van der Waals surface area contributed by atoms with E-state index in [1.807, 2.05) is 6.92 Å². The summed E-state index contributed by atoms with van der Waals surface area (Å²) in [6.45, 7) is 4.21. The summed E-state index contributed by atoms with van der Waals surface area (Å²) in [6, 6.07) is 3.25. The zero-order valence-corrected chi connectivity index (χ0v) is 13.8. The van der Waals surface area contributed by atoms with E-state index in [0.29, 0.717) is 35.8 Å². The van der Waals surface area contributed by atoms with Crippen LogP contribution in [-0.2, 0) is 4.79 Å². The van der Waals surface area contributed by atoms with Gasteiger partial charge in [0, 0.05) is 17.5 Å². The standard InChI is InChI=1S/C16H18N2O4S/c1-9-11(16(20)21)5-3-7-18(9)15(19)13-10(2)23-14(17-13)12-6-4-8-22-12/h4,6,8-9,11H,3,5,7H2,1-2H3,(H,20,21)/t9-,11-/m1/s1. The van der Waals surface area contributed by atoms with Crippen molar-refractivity contribution in [1.29, 1.82) is 0 Å². The lowest BCUT2D eigenvalue weighted by atomic mass is 9.90. The molecule has 0 saturated carbocycles. The van der Waals surface area contributed by atoms with Gasteiger partial charge < -0.3 is 14.4 Å². The predicted octanol–water partition coefficient (Wildman–Crippen LogP) is 3.04. The molecule has 0 unspecified atom stereocenters. The molecule has 1 saturated heterocycles. The van der Waals surface area contributed by atoms with Crippen molar-refractivity contribution in [3.63, 3.8) is 0 Å². The first-order valence-corrected chi connectivity index (χ1v) is 8.35. The zero-order valence-electron chi connectivity index (χ0n) is 13.0. The maximum absolute atomic E-state index is 12.8. The van der Waals surface area contributed by atoms with Gasteiger partial charge in [0.25, 0.3) is 5.91 Å². The number of hydrogen-bond donors (Lipinski definition) is 1. The molecule has 0 aromatic carbocycles. The molecule has 1 amide bonds. The molecule has 0 aliphatic carbocycles. The Balaban J connectivity index is 1.87. The fraction of sp³-hybridized carbons (Fsp3) is 0.438. The zero-order chi connectivity index (χ0) is 16.6. The van der Waals surface area contributed by atoms with E-state index in [4.69, 9.17) is 4.42 Å². The Morgan fingerprint density at radius 2 is 2.26 bits per heavy atom. The summed E-state index contributed by atoms with van der Waals surface area (Å²) < 4.78 is 5.33. The van der Waals surface area contributed by atoms with Crippen LogP contribution < -0.4 is 0 Å². The number of furan rings is 1. The van der Waals surface area contributed by atoms with Crippen LogP contribution in [0.2, 0.25) is 0 Å². The van der Waals surface area contributed by atoms with Gasteiger partial charge in [-0.2, -0.15) is 0 Å². The van der Waals surface area contributed by atoms with E-state index in [-0.39, 0.29) is 11.9 Å². The SMILES string of the molecule is Cc1sc(-c2ccco2)nc1C(=O)N1CCC[C@@H](C(=O)O)[C@H]1C. The molecule has 2 aromatic heterocycles. The van der Waals surface area contributed by atoms with Crippen LogP contribution in [0.5, 0.6) is 0 Å². The number of carboxylic acid groups (broad SMARTS) is 1. The molecule has 3 rings (SSSR count). The minimum Gasteiger partial charge on any atom is -0.481 e. The van der Waals surface area contributed by atoms with Gasteiger partial charge in [0.15, 0.2) is 10.8 Å². The van der Waals surface area contributed by atoms with E-state index in [1.54, 1.807) is 30.2 Å². The van der Waals surface area contributed by atoms with Crippen LogP contribution in [0.25, 0.3) is 10.8 Å². The Bertz CT molecular complexity index is 723. The molecule has 6 nitrogen and oxygen atoms in total. The quantitative estimate of drug-likeness (QED) is 0.933. The van der Waals surface area contributed by atoms with Crippen LogP contribution in [0.3, 0.4) is 0 Å². The van der Waals surface area contributed by atoms with Gasteiger partial charge in [0.1, 0.15) is 5.69 Å². The summed E-state index contributed by atoms with van der Waals surface area (Å²) in [4.78, 5) is 31.0. The molecule has 3 heterocycles. The summed E-state index contributed by atoms with van der Waals surface area (Å²) in [6.07, 6.45) is 2.87. The number of hydrogen-bond acceptors (Lipinski definition) is 5. The second kappa shape index (κ2) is 6.16. The van der Waals surface area contributed by atoms with Crippen LogP contribution in [0, 0.1) is 12.8 Å². The molecule has 1 aliphatic heterocycles. The third kappa shape index (κ3) is 2.88. The van der Waals surface area contributed by atoms with E-state index in [1.165, 1.54) is 11.3 Å². The van der Waals surface area contributed by atoms with Gasteiger partial charge in [0.2, 0.25) is 0 Å². The maximum Gasteiger partial charge on any atom is 0.308 e. The van der Waals surface area contributed by atoms with E-state index in [0.717, 1.165) is 4.88 Å². The Kier molecular flexibility index (Phi) is 4.21. The van der Waals surface area contributed by atoms with Crippen molar-refractivity contribution in [2.45, 2.75) is 32.7 Å². The first-order valence-electron chi connectivity index (χ1n) is 7.54. The van der Waals surface area contributed by atoms with Crippen molar-refractivity contribution in [1.82, 2.24) is 9.88 Å². The minimum absolute atomic E-state index is 0.199. The predicted molar refractivity (Wildman–Crippen MR) is 85.4 cm³/mol. The van der Waals surface area contributed by atoms with Crippen molar-refractivity contribution >= 4 is 23.2 Å². The molecule has 1 aliphatic rings. The number of aromatic nitrogens is 1. The summed E-state index contributed by atoms with van der Waals surface area (Å²) in [5.74, 6) is -0.931. The van der Waals surface area contributed by atoms with Crippen molar-refractivity contribution in [2.24, 2.45) is 5.92 Å². The van der Waals surface area contributed by atoms with Gasteiger partial charge in [-0.15, -0.1) is 11.3 Å². The monoisotopic (exact) mass is 334 g/mol. The second-order valence-electron chi connectivity index (χ2n) is 5.73. The highest BCUT2D eigenvalue weighted by molar-refractivity contribution is 7.15. The number of rotatable bonds is 3. The second-order valence-corrected chi connectivity index (χ2v) is 6.93. The highest BCUT2D eigenvalue weighted by Crippen LogP contribution is 2.31. The molecule has 122 valence electrons. The fourth-order valence-corrected chi connectivity index (χ4v) is 3.87. The normalized spacial score (nSPS) is 21.4. The van der Waals surface area contributed by atoms with Gasteiger partial charge in [-0.3, -0.25) is 9.59 Å². The molecule has 1 N–H and O–H groups in total. The lowest BCUT2D eigenvalue weighted by Crippen LogP contribution is -2.49. The van der Waals surface area contributed by atoms with Crippen molar-refractivity contribution in [3.05, 3.63) is 29.0 Å². The molecule has 1 fully saturated rings. The van der Waals surface area contributed by atoms with Gasteiger partial charge >= 0.3 is 5.97 Å². The number of carboxylic acids is 1. The van der Waals surface area contributed by atoms with Crippen molar-refractivity contribution in [3.8, 4) is 10.8 Å². The fourth-order valence-electron chi connectivity index (χ4n) is 3.00. The average molecular weight is 334 g/mol. The molecular weight excluding hydrogens is 316 g/mol. The van der Waals surface area contributed by atoms with E-state index in [9.17, 15) is 14.7 Å². The molecule has 7 heteroatoms. The van der Waals surface area contributed by atoms with Gasteiger partial charge in [-0.05, 0) is 38.8 Å². The third-order valence-electron chi connectivity index (χ3n) is 4.30. The van der Waals surface area contributed by atoms with Crippen LogP contribution in [0.15, 0.2) is 22.8 Å². The smallest absolute Gasteiger partial charge is 0.308 e. The van der Waals surface area contributed by atoms with Crippen LogP contribution in [0.1, 0.15) is 35.1 Å². The molecule has 2 aromatic rings. The highest BCUT2D eigenvalue weighted by Gasteiger charge is 2.36. The van der Waals surface area contributed by atoms with E-state index < -0.39 is 11.9 Å². The molecule has 23 heavy (non-hydrogen) atoms. The van der Waals surface area contributed by atoms with Crippen molar-refractivity contribution < 1.29 is 19.1 Å². The van der Waals surface area contributed by atoms with Crippen molar-refractivity contribution in [2.75, 3.05) is 6.54 Å². The summed E-state index contributed by atoms with van der Waals surface area (Å²) in [5, 5.41) is 9.96. The number of carbonyl (C=O) groups excluding carboxylic acids is 1.